The molecule has 1 aromatic carbocycles. The summed E-state index contributed by atoms with van der Waals surface area (Å²) in [5.74, 6) is 1.39. The number of pyridine rings is 2. The summed E-state index contributed by atoms with van der Waals surface area (Å²) in [5, 5.41) is 0. The molecule has 0 bridgehead atoms. The first-order valence-electron chi connectivity index (χ1n) is 10.00. The van der Waals surface area contributed by atoms with Crippen LogP contribution >= 0.6 is 0 Å². The zero-order chi connectivity index (χ0) is 19.2. The first-order chi connectivity index (χ1) is 13.8. The Morgan fingerprint density at radius 3 is 2.82 bits per heavy atom. The largest absolute Gasteiger partial charge is 0.497 e. The molecule has 0 aliphatic carbocycles. The molecule has 3 aromatic rings. The fraction of sp³-hybridized carbons (Fsp3) is 0.333. The highest BCUT2D eigenvalue weighted by molar-refractivity contribution is 5.31. The van der Waals surface area contributed by atoms with Crippen LogP contribution in [0.2, 0.25) is 0 Å². The van der Waals surface area contributed by atoms with E-state index in [-0.39, 0.29) is 0 Å². The van der Waals surface area contributed by atoms with Crippen LogP contribution in [-0.2, 0) is 13.0 Å². The predicted molar refractivity (Wildman–Crippen MR) is 112 cm³/mol. The highest BCUT2D eigenvalue weighted by Crippen LogP contribution is 2.27. The van der Waals surface area contributed by atoms with Gasteiger partial charge in [-0.15, -0.1) is 0 Å². The third kappa shape index (κ3) is 4.76. The Hall–Kier alpha value is -2.72. The molecule has 0 spiro atoms. The average molecular weight is 374 g/mol. The quantitative estimate of drug-likeness (QED) is 0.640. The summed E-state index contributed by atoms with van der Waals surface area (Å²) < 4.78 is 5.34. The van der Waals surface area contributed by atoms with Gasteiger partial charge in [-0.1, -0.05) is 24.3 Å². The minimum atomic E-state index is 0.496. The summed E-state index contributed by atoms with van der Waals surface area (Å²) in [6.45, 7) is 3.17. The van der Waals surface area contributed by atoms with E-state index in [1.54, 1.807) is 7.11 Å². The Labute approximate surface area is 167 Å². The normalized spacial score (nSPS) is 17.4. The van der Waals surface area contributed by atoms with Crippen molar-refractivity contribution in [3.05, 3.63) is 89.5 Å². The van der Waals surface area contributed by atoms with Gasteiger partial charge in [0, 0.05) is 49.2 Å². The lowest BCUT2D eigenvalue weighted by Gasteiger charge is -2.32. The van der Waals surface area contributed by atoms with Crippen LogP contribution in [0, 0.1) is 0 Å². The number of nitrogens with zero attached hydrogens (tertiary/aromatic N) is 3. The van der Waals surface area contributed by atoms with Gasteiger partial charge in [-0.3, -0.25) is 14.9 Å². The number of benzene rings is 1. The number of methoxy groups -OCH3 is 1. The summed E-state index contributed by atoms with van der Waals surface area (Å²) in [4.78, 5) is 11.8. The van der Waals surface area contributed by atoms with Crippen LogP contribution in [0.25, 0.3) is 0 Å². The van der Waals surface area contributed by atoms with E-state index in [9.17, 15) is 0 Å². The molecule has 0 N–H and O–H groups in total. The van der Waals surface area contributed by atoms with Crippen LogP contribution in [0.1, 0.15) is 41.3 Å². The summed E-state index contributed by atoms with van der Waals surface area (Å²) in [5.41, 5.74) is 4.85. The van der Waals surface area contributed by atoms with Gasteiger partial charge >= 0.3 is 0 Å². The fourth-order valence-corrected chi connectivity index (χ4v) is 4.01. The van der Waals surface area contributed by atoms with E-state index in [1.165, 1.54) is 29.7 Å². The molecule has 1 unspecified atom stereocenters. The molecule has 2 aromatic heterocycles. The SMILES string of the molecule is COc1cccc(Cc2cccc(C3CCCN(Cc4cccnc4)C3)n2)c1. The number of piperidine rings is 1. The van der Waals surface area contributed by atoms with E-state index in [0.29, 0.717) is 5.92 Å². The Bertz CT molecular complexity index is 897. The van der Waals surface area contributed by atoms with Crippen molar-refractivity contribution in [2.45, 2.75) is 31.7 Å². The fourth-order valence-electron chi connectivity index (χ4n) is 4.01. The standard InChI is InChI=1S/C24H27N3O/c1-28-23-10-2-6-19(15-23)14-22-9-3-11-24(26-22)21-8-5-13-27(18-21)17-20-7-4-12-25-16-20/h2-4,6-7,9-12,15-16,21H,5,8,13-14,17-18H2,1H3. The molecule has 1 aliphatic heterocycles. The maximum absolute atomic E-state index is 5.34. The Balaban J connectivity index is 1.44. The van der Waals surface area contributed by atoms with Gasteiger partial charge in [0.15, 0.2) is 0 Å². The van der Waals surface area contributed by atoms with E-state index in [0.717, 1.165) is 37.5 Å². The Kier molecular flexibility index (Phi) is 5.98. The molecule has 3 heterocycles. The van der Waals surface area contributed by atoms with Crippen molar-refractivity contribution in [1.29, 1.82) is 0 Å². The van der Waals surface area contributed by atoms with Crippen molar-refractivity contribution in [2.24, 2.45) is 0 Å². The first kappa shape index (κ1) is 18.6. The molecule has 1 atom stereocenters. The maximum Gasteiger partial charge on any atom is 0.119 e. The summed E-state index contributed by atoms with van der Waals surface area (Å²) >= 11 is 0. The number of likely N-dealkylation sites (tertiary alicyclic amines) is 1. The van der Waals surface area contributed by atoms with Crippen molar-refractivity contribution in [2.75, 3.05) is 20.2 Å². The van der Waals surface area contributed by atoms with Crippen LogP contribution in [-0.4, -0.2) is 35.1 Å². The molecule has 4 heteroatoms. The molecular weight excluding hydrogens is 346 g/mol. The smallest absolute Gasteiger partial charge is 0.119 e. The number of ether oxygens (including phenoxy) is 1. The van der Waals surface area contributed by atoms with Crippen molar-refractivity contribution in [3.63, 3.8) is 0 Å². The minimum Gasteiger partial charge on any atom is -0.497 e. The van der Waals surface area contributed by atoms with Crippen molar-refractivity contribution >= 4 is 0 Å². The topological polar surface area (TPSA) is 38.2 Å². The van der Waals surface area contributed by atoms with Crippen LogP contribution < -0.4 is 4.74 Å². The lowest BCUT2D eigenvalue weighted by Crippen LogP contribution is -2.34. The van der Waals surface area contributed by atoms with Crippen LogP contribution in [0.15, 0.2) is 67.0 Å². The molecule has 1 saturated heterocycles. The monoisotopic (exact) mass is 373 g/mol. The molecule has 1 fully saturated rings. The lowest BCUT2D eigenvalue weighted by atomic mass is 9.93. The third-order valence-corrected chi connectivity index (χ3v) is 5.40. The molecule has 0 radical (unpaired) electrons. The molecule has 144 valence electrons. The summed E-state index contributed by atoms with van der Waals surface area (Å²) in [6.07, 6.45) is 7.06. The van der Waals surface area contributed by atoms with E-state index >= 15 is 0 Å². The number of hydrogen-bond acceptors (Lipinski definition) is 4. The van der Waals surface area contributed by atoms with Gasteiger partial charge in [0.25, 0.3) is 0 Å². The highest BCUT2D eigenvalue weighted by atomic mass is 16.5. The molecule has 4 nitrogen and oxygen atoms in total. The summed E-state index contributed by atoms with van der Waals surface area (Å²) in [6, 6.07) is 18.9. The number of rotatable bonds is 6. The van der Waals surface area contributed by atoms with Gasteiger partial charge < -0.3 is 4.74 Å². The van der Waals surface area contributed by atoms with Gasteiger partial charge in [-0.05, 0) is 60.8 Å². The minimum absolute atomic E-state index is 0.496. The van der Waals surface area contributed by atoms with Gasteiger partial charge in [0.05, 0.1) is 7.11 Å². The number of aromatic nitrogens is 2. The van der Waals surface area contributed by atoms with Gasteiger partial charge in [0.1, 0.15) is 5.75 Å². The molecule has 1 aliphatic rings. The number of hydrogen-bond donors (Lipinski definition) is 0. The van der Waals surface area contributed by atoms with Crippen LogP contribution in [0.3, 0.4) is 0 Å². The van der Waals surface area contributed by atoms with Crippen LogP contribution in [0.4, 0.5) is 0 Å². The Morgan fingerprint density at radius 1 is 1.07 bits per heavy atom. The van der Waals surface area contributed by atoms with Crippen molar-refractivity contribution in [3.8, 4) is 5.75 Å². The highest BCUT2D eigenvalue weighted by Gasteiger charge is 2.22. The zero-order valence-electron chi connectivity index (χ0n) is 16.4. The molecule has 0 saturated carbocycles. The van der Waals surface area contributed by atoms with Crippen LogP contribution in [0.5, 0.6) is 5.75 Å². The van der Waals surface area contributed by atoms with Gasteiger partial charge in [-0.25, -0.2) is 0 Å². The second-order valence-corrected chi connectivity index (χ2v) is 7.52. The van der Waals surface area contributed by atoms with E-state index in [2.05, 4.69) is 46.3 Å². The zero-order valence-corrected chi connectivity index (χ0v) is 16.4. The average Bonchev–Trinajstić information content (AvgIpc) is 2.75. The van der Waals surface area contributed by atoms with Gasteiger partial charge in [0.2, 0.25) is 0 Å². The molecule has 4 rings (SSSR count). The second-order valence-electron chi connectivity index (χ2n) is 7.52. The van der Waals surface area contributed by atoms with E-state index in [1.807, 2.05) is 30.6 Å². The second kappa shape index (κ2) is 8.98. The van der Waals surface area contributed by atoms with Gasteiger partial charge in [-0.2, -0.15) is 0 Å². The molecular formula is C24H27N3O. The lowest BCUT2D eigenvalue weighted by molar-refractivity contribution is 0.198. The Morgan fingerprint density at radius 2 is 1.96 bits per heavy atom. The predicted octanol–water partition coefficient (Wildman–Crippen LogP) is 4.46. The van der Waals surface area contributed by atoms with Crippen molar-refractivity contribution in [1.82, 2.24) is 14.9 Å². The van der Waals surface area contributed by atoms with E-state index < -0.39 is 0 Å². The first-order valence-corrected chi connectivity index (χ1v) is 10.00. The van der Waals surface area contributed by atoms with E-state index in [4.69, 9.17) is 9.72 Å². The molecule has 28 heavy (non-hydrogen) atoms. The maximum atomic E-state index is 5.34. The van der Waals surface area contributed by atoms with Crippen molar-refractivity contribution < 1.29 is 4.74 Å². The molecule has 0 amide bonds. The third-order valence-electron chi connectivity index (χ3n) is 5.40. The summed E-state index contributed by atoms with van der Waals surface area (Å²) in [7, 11) is 1.71.